The normalized spacial score (nSPS) is 24.8. The summed E-state index contributed by atoms with van der Waals surface area (Å²) >= 11 is 3.30. The van der Waals surface area contributed by atoms with E-state index in [0.717, 1.165) is 6.42 Å². The van der Waals surface area contributed by atoms with Gasteiger partial charge in [-0.25, -0.2) is 8.42 Å². The number of halogens is 1. The molecule has 1 aliphatic heterocycles. The van der Waals surface area contributed by atoms with Gasteiger partial charge in [0.15, 0.2) is 0 Å². The van der Waals surface area contributed by atoms with E-state index >= 15 is 0 Å². The molecule has 0 aliphatic carbocycles. The zero-order chi connectivity index (χ0) is 14.9. The summed E-state index contributed by atoms with van der Waals surface area (Å²) in [5, 5.41) is 9.09. The van der Waals surface area contributed by atoms with Crippen LogP contribution in [0.25, 0.3) is 0 Å². The van der Waals surface area contributed by atoms with Crippen LogP contribution in [0, 0.1) is 11.8 Å². The zero-order valence-corrected chi connectivity index (χ0v) is 14.1. The molecule has 0 amide bonds. The Morgan fingerprint density at radius 3 is 2.60 bits per heavy atom. The van der Waals surface area contributed by atoms with Crippen LogP contribution in [0.4, 0.5) is 0 Å². The summed E-state index contributed by atoms with van der Waals surface area (Å²) in [7, 11) is -3.47. The van der Waals surface area contributed by atoms with Gasteiger partial charge in [0.1, 0.15) is 0 Å². The van der Waals surface area contributed by atoms with Crippen molar-refractivity contribution in [1.29, 1.82) is 0 Å². The Labute approximate surface area is 129 Å². The van der Waals surface area contributed by atoms with E-state index in [2.05, 4.69) is 29.8 Å². The van der Waals surface area contributed by atoms with Crippen LogP contribution in [0.2, 0.25) is 0 Å². The topological polar surface area (TPSA) is 57.6 Å². The summed E-state index contributed by atoms with van der Waals surface area (Å²) in [6.07, 6.45) is 0.896. The maximum atomic E-state index is 12.7. The van der Waals surface area contributed by atoms with Crippen LogP contribution in [-0.4, -0.2) is 30.9 Å². The Hall–Kier alpha value is -0.430. The first kappa shape index (κ1) is 15.9. The maximum absolute atomic E-state index is 12.7. The number of aliphatic hydroxyl groups excluding tert-OH is 1. The molecule has 0 spiro atoms. The molecule has 2 unspecified atom stereocenters. The molecule has 0 aromatic heterocycles. The van der Waals surface area contributed by atoms with Gasteiger partial charge in [-0.1, -0.05) is 19.9 Å². The summed E-state index contributed by atoms with van der Waals surface area (Å²) in [5.74, 6) is 0.927. The molecule has 6 heteroatoms. The molecule has 1 aromatic carbocycles. The smallest absolute Gasteiger partial charge is 0.244 e. The van der Waals surface area contributed by atoms with E-state index in [0.29, 0.717) is 35.0 Å². The molecule has 0 saturated carbocycles. The second-order valence-electron chi connectivity index (χ2n) is 5.53. The molecular formula is C14H20BrNO3S. The molecule has 1 N–H and O–H groups in total. The minimum Gasteiger partial charge on any atom is -0.392 e. The van der Waals surface area contributed by atoms with Gasteiger partial charge in [-0.15, -0.1) is 0 Å². The van der Waals surface area contributed by atoms with Gasteiger partial charge >= 0.3 is 0 Å². The quantitative estimate of drug-likeness (QED) is 0.899. The first-order valence-electron chi connectivity index (χ1n) is 6.75. The summed E-state index contributed by atoms with van der Waals surface area (Å²) in [5.41, 5.74) is 0.691. The lowest BCUT2D eigenvalue weighted by Gasteiger charge is -2.34. The van der Waals surface area contributed by atoms with Crippen LogP contribution in [0.3, 0.4) is 0 Å². The van der Waals surface area contributed by atoms with E-state index in [-0.39, 0.29) is 11.5 Å². The average molecular weight is 362 g/mol. The third-order valence-electron chi connectivity index (χ3n) is 4.09. The van der Waals surface area contributed by atoms with E-state index in [1.165, 1.54) is 0 Å². The van der Waals surface area contributed by atoms with Crippen molar-refractivity contribution in [3.8, 4) is 0 Å². The predicted octanol–water partition coefficient (Wildman–Crippen LogP) is 2.61. The fourth-order valence-electron chi connectivity index (χ4n) is 2.43. The molecular weight excluding hydrogens is 342 g/mol. The lowest BCUT2D eigenvalue weighted by atomic mass is 9.90. The molecule has 0 bridgehead atoms. The third-order valence-corrected chi connectivity index (χ3v) is 6.94. The first-order valence-corrected chi connectivity index (χ1v) is 8.99. The van der Waals surface area contributed by atoms with Crippen molar-refractivity contribution >= 4 is 26.0 Å². The molecule has 1 saturated heterocycles. The van der Waals surface area contributed by atoms with Gasteiger partial charge in [0, 0.05) is 17.6 Å². The fourth-order valence-corrected chi connectivity index (χ4v) is 5.07. The highest BCUT2D eigenvalue weighted by Gasteiger charge is 2.32. The lowest BCUT2D eigenvalue weighted by Crippen LogP contribution is -2.42. The number of sulfonamides is 1. The Morgan fingerprint density at radius 1 is 1.35 bits per heavy atom. The number of hydrogen-bond acceptors (Lipinski definition) is 3. The van der Waals surface area contributed by atoms with Crippen molar-refractivity contribution in [2.24, 2.45) is 11.8 Å². The fraction of sp³-hybridized carbons (Fsp3) is 0.571. The first-order chi connectivity index (χ1) is 9.36. The van der Waals surface area contributed by atoms with Gasteiger partial charge in [0.2, 0.25) is 10.0 Å². The molecule has 1 aromatic rings. The van der Waals surface area contributed by atoms with E-state index < -0.39 is 10.0 Å². The highest BCUT2D eigenvalue weighted by molar-refractivity contribution is 9.10. The monoisotopic (exact) mass is 361 g/mol. The summed E-state index contributed by atoms with van der Waals surface area (Å²) in [6, 6.07) is 4.87. The van der Waals surface area contributed by atoms with Crippen LogP contribution in [0.1, 0.15) is 25.8 Å². The predicted molar refractivity (Wildman–Crippen MR) is 81.8 cm³/mol. The molecule has 2 rings (SSSR count). The third kappa shape index (κ3) is 3.08. The Balaban J connectivity index is 2.31. The van der Waals surface area contributed by atoms with Gasteiger partial charge in [0.25, 0.3) is 0 Å². The molecule has 112 valence electrons. The standard InChI is InChI=1S/C14H20BrNO3S/c1-10-5-6-16(8-11(10)2)20(18,19)14-4-3-12(9-17)7-13(14)15/h3-4,7,10-11,17H,5-6,8-9H2,1-2H3. The molecule has 1 heterocycles. The molecule has 1 fully saturated rings. The Bertz CT molecular complexity index is 588. The van der Waals surface area contributed by atoms with E-state index in [1.54, 1.807) is 22.5 Å². The van der Waals surface area contributed by atoms with Crippen LogP contribution in [0.15, 0.2) is 27.6 Å². The largest absolute Gasteiger partial charge is 0.392 e. The van der Waals surface area contributed by atoms with Gasteiger partial charge in [-0.05, 0) is 51.9 Å². The van der Waals surface area contributed by atoms with Crippen LogP contribution < -0.4 is 0 Å². The zero-order valence-electron chi connectivity index (χ0n) is 11.7. The van der Waals surface area contributed by atoms with Crippen molar-refractivity contribution in [1.82, 2.24) is 4.31 Å². The molecule has 20 heavy (non-hydrogen) atoms. The number of nitrogens with zero attached hydrogens (tertiary/aromatic N) is 1. The van der Waals surface area contributed by atoms with Gasteiger partial charge < -0.3 is 5.11 Å². The Morgan fingerprint density at radius 2 is 2.05 bits per heavy atom. The molecule has 1 aliphatic rings. The van der Waals surface area contributed by atoms with E-state index in [9.17, 15) is 8.42 Å². The second-order valence-corrected chi connectivity index (χ2v) is 8.29. The van der Waals surface area contributed by atoms with Crippen LogP contribution in [-0.2, 0) is 16.6 Å². The number of benzene rings is 1. The van der Waals surface area contributed by atoms with Gasteiger partial charge in [-0.3, -0.25) is 0 Å². The highest BCUT2D eigenvalue weighted by atomic mass is 79.9. The Kier molecular flexibility index (Phi) is 4.89. The van der Waals surface area contributed by atoms with Crippen LogP contribution in [0.5, 0.6) is 0 Å². The summed E-state index contributed by atoms with van der Waals surface area (Å²) in [4.78, 5) is 0.274. The summed E-state index contributed by atoms with van der Waals surface area (Å²) < 4.78 is 27.5. The van der Waals surface area contributed by atoms with Crippen LogP contribution >= 0.6 is 15.9 Å². The van der Waals surface area contributed by atoms with Gasteiger partial charge in [-0.2, -0.15) is 4.31 Å². The van der Waals surface area contributed by atoms with E-state index in [1.807, 2.05) is 0 Å². The molecule has 0 radical (unpaired) electrons. The second kappa shape index (κ2) is 6.13. The minimum absolute atomic E-state index is 0.100. The lowest BCUT2D eigenvalue weighted by molar-refractivity contribution is 0.212. The number of piperidine rings is 1. The minimum atomic E-state index is -3.47. The van der Waals surface area contributed by atoms with Crippen molar-refractivity contribution < 1.29 is 13.5 Å². The van der Waals surface area contributed by atoms with E-state index in [4.69, 9.17) is 5.11 Å². The van der Waals surface area contributed by atoms with Gasteiger partial charge in [0.05, 0.1) is 11.5 Å². The molecule has 4 nitrogen and oxygen atoms in total. The molecule has 2 atom stereocenters. The average Bonchev–Trinajstić information content (AvgIpc) is 2.41. The maximum Gasteiger partial charge on any atom is 0.244 e. The number of hydrogen-bond donors (Lipinski definition) is 1. The SMILES string of the molecule is CC1CCN(S(=O)(=O)c2ccc(CO)cc2Br)CC1C. The summed E-state index contributed by atoms with van der Waals surface area (Å²) in [6.45, 7) is 5.30. The van der Waals surface area contributed by atoms with Crippen molar-refractivity contribution in [3.63, 3.8) is 0 Å². The van der Waals surface area contributed by atoms with Crippen molar-refractivity contribution in [2.75, 3.05) is 13.1 Å². The number of aliphatic hydroxyl groups is 1. The highest BCUT2D eigenvalue weighted by Crippen LogP contribution is 2.31. The number of rotatable bonds is 3. The van der Waals surface area contributed by atoms with Crippen molar-refractivity contribution in [3.05, 3.63) is 28.2 Å². The van der Waals surface area contributed by atoms with Crippen molar-refractivity contribution in [2.45, 2.75) is 31.8 Å².